The molecule has 120 valence electrons. The van der Waals surface area contributed by atoms with Crippen LogP contribution >= 0.6 is 0 Å². The summed E-state index contributed by atoms with van der Waals surface area (Å²) >= 11 is 0. The van der Waals surface area contributed by atoms with E-state index in [0.717, 1.165) is 5.69 Å². The SMILES string of the molecule is CC.CCOC(=O)[C@H]1CCOC[C@@H]1c1ccnn1C(C)C. The highest BCUT2D eigenvalue weighted by Crippen LogP contribution is 2.33. The Balaban J connectivity index is 0.00000106. The van der Waals surface area contributed by atoms with E-state index in [4.69, 9.17) is 9.47 Å². The maximum absolute atomic E-state index is 12.1. The van der Waals surface area contributed by atoms with Crippen LogP contribution in [0.1, 0.15) is 58.7 Å². The van der Waals surface area contributed by atoms with Gasteiger partial charge in [0.1, 0.15) is 0 Å². The minimum Gasteiger partial charge on any atom is -0.466 e. The molecule has 1 aliphatic rings. The zero-order chi connectivity index (χ0) is 15.8. The third-order valence-electron chi connectivity index (χ3n) is 3.52. The van der Waals surface area contributed by atoms with E-state index in [2.05, 4.69) is 18.9 Å². The Hall–Kier alpha value is -1.36. The summed E-state index contributed by atoms with van der Waals surface area (Å²) < 4.78 is 12.7. The first kappa shape index (κ1) is 17.7. The van der Waals surface area contributed by atoms with Crippen LogP contribution in [0, 0.1) is 5.92 Å². The van der Waals surface area contributed by atoms with Gasteiger partial charge in [-0.05, 0) is 33.3 Å². The maximum atomic E-state index is 12.1. The minimum atomic E-state index is -0.122. The van der Waals surface area contributed by atoms with Crippen LogP contribution in [-0.2, 0) is 14.3 Å². The van der Waals surface area contributed by atoms with E-state index in [9.17, 15) is 4.79 Å². The van der Waals surface area contributed by atoms with Crippen molar-refractivity contribution in [1.29, 1.82) is 0 Å². The van der Waals surface area contributed by atoms with Crippen LogP contribution in [0.3, 0.4) is 0 Å². The molecule has 1 fully saturated rings. The lowest BCUT2D eigenvalue weighted by atomic mass is 9.85. The van der Waals surface area contributed by atoms with Crippen molar-refractivity contribution in [3.8, 4) is 0 Å². The molecule has 0 amide bonds. The molecule has 0 aromatic carbocycles. The van der Waals surface area contributed by atoms with Gasteiger partial charge >= 0.3 is 5.97 Å². The molecule has 0 aliphatic carbocycles. The molecule has 21 heavy (non-hydrogen) atoms. The van der Waals surface area contributed by atoms with E-state index in [1.807, 2.05) is 31.5 Å². The molecule has 0 spiro atoms. The van der Waals surface area contributed by atoms with E-state index in [-0.39, 0.29) is 23.8 Å². The second-order valence-corrected chi connectivity index (χ2v) is 5.12. The molecular formula is C16H28N2O3. The molecule has 0 N–H and O–H groups in total. The van der Waals surface area contributed by atoms with Crippen LogP contribution in [0.4, 0.5) is 0 Å². The van der Waals surface area contributed by atoms with Crippen molar-refractivity contribution in [1.82, 2.24) is 9.78 Å². The number of nitrogens with zero attached hydrogens (tertiary/aromatic N) is 2. The number of hydrogen-bond acceptors (Lipinski definition) is 4. The molecule has 1 saturated heterocycles. The fraction of sp³-hybridized carbons (Fsp3) is 0.750. The van der Waals surface area contributed by atoms with Crippen molar-refractivity contribution in [2.24, 2.45) is 5.92 Å². The predicted octanol–water partition coefficient (Wildman–Crippen LogP) is 3.17. The number of carbonyl (C=O) groups is 1. The number of esters is 1. The molecule has 0 bridgehead atoms. The van der Waals surface area contributed by atoms with Crippen molar-refractivity contribution < 1.29 is 14.3 Å². The molecule has 1 aliphatic heterocycles. The lowest BCUT2D eigenvalue weighted by Gasteiger charge is -2.30. The molecule has 5 nitrogen and oxygen atoms in total. The zero-order valence-corrected chi connectivity index (χ0v) is 13.8. The second kappa shape index (κ2) is 8.82. The van der Waals surface area contributed by atoms with Gasteiger partial charge in [0, 0.05) is 30.5 Å². The smallest absolute Gasteiger partial charge is 0.309 e. The fourth-order valence-corrected chi connectivity index (χ4v) is 2.61. The van der Waals surface area contributed by atoms with Gasteiger partial charge in [-0.2, -0.15) is 5.10 Å². The second-order valence-electron chi connectivity index (χ2n) is 5.12. The van der Waals surface area contributed by atoms with Crippen LogP contribution in [-0.4, -0.2) is 35.6 Å². The van der Waals surface area contributed by atoms with Gasteiger partial charge in [0.25, 0.3) is 0 Å². The van der Waals surface area contributed by atoms with Crippen LogP contribution < -0.4 is 0 Å². The maximum Gasteiger partial charge on any atom is 0.309 e. The number of aromatic nitrogens is 2. The van der Waals surface area contributed by atoms with Crippen LogP contribution in [0.15, 0.2) is 12.3 Å². The van der Waals surface area contributed by atoms with E-state index in [1.54, 1.807) is 6.20 Å². The summed E-state index contributed by atoms with van der Waals surface area (Å²) in [6, 6.07) is 2.25. The highest BCUT2D eigenvalue weighted by Gasteiger charge is 2.35. The van der Waals surface area contributed by atoms with Gasteiger partial charge in [0.15, 0.2) is 0 Å². The quantitative estimate of drug-likeness (QED) is 0.801. The van der Waals surface area contributed by atoms with Crippen molar-refractivity contribution in [3.05, 3.63) is 18.0 Å². The Morgan fingerprint density at radius 3 is 2.86 bits per heavy atom. The Labute approximate surface area is 127 Å². The average Bonchev–Trinajstić information content (AvgIpc) is 2.99. The molecule has 0 unspecified atom stereocenters. The summed E-state index contributed by atoms with van der Waals surface area (Å²) in [6.45, 7) is 11.6. The third-order valence-corrected chi connectivity index (χ3v) is 3.52. The number of rotatable bonds is 4. The first-order valence-corrected chi connectivity index (χ1v) is 7.93. The summed E-state index contributed by atoms with van der Waals surface area (Å²) in [5, 5.41) is 4.34. The lowest BCUT2D eigenvalue weighted by Crippen LogP contribution is -2.34. The molecule has 0 radical (unpaired) electrons. The van der Waals surface area contributed by atoms with Crippen molar-refractivity contribution >= 4 is 5.97 Å². The Morgan fingerprint density at radius 2 is 2.24 bits per heavy atom. The normalized spacial score (nSPS) is 21.6. The molecule has 2 rings (SSSR count). The molecule has 5 heteroatoms. The molecule has 2 atom stereocenters. The summed E-state index contributed by atoms with van der Waals surface area (Å²) in [7, 11) is 0. The van der Waals surface area contributed by atoms with Gasteiger partial charge in [0.05, 0.1) is 19.1 Å². The highest BCUT2D eigenvalue weighted by molar-refractivity contribution is 5.73. The summed E-state index contributed by atoms with van der Waals surface area (Å²) in [5.41, 5.74) is 1.06. The molecule has 2 heterocycles. The van der Waals surface area contributed by atoms with E-state index in [0.29, 0.717) is 26.2 Å². The van der Waals surface area contributed by atoms with Gasteiger partial charge in [-0.15, -0.1) is 0 Å². The van der Waals surface area contributed by atoms with Crippen LogP contribution in [0.25, 0.3) is 0 Å². The standard InChI is InChI=1S/C14H22N2O3.C2H6/c1-4-19-14(17)11-6-8-18-9-12(11)13-5-7-15-16(13)10(2)3;1-2/h5,7,10-12H,4,6,8-9H2,1-3H3;1-2H3/t11-,12-;/m0./s1. The van der Waals surface area contributed by atoms with Gasteiger partial charge in [0.2, 0.25) is 0 Å². The topological polar surface area (TPSA) is 53.4 Å². The summed E-state index contributed by atoms with van der Waals surface area (Å²) in [6.07, 6.45) is 2.50. The van der Waals surface area contributed by atoms with E-state index in [1.165, 1.54) is 0 Å². The minimum absolute atomic E-state index is 0.0395. The number of ether oxygens (including phenoxy) is 2. The monoisotopic (exact) mass is 296 g/mol. The summed E-state index contributed by atoms with van der Waals surface area (Å²) in [5.74, 6) is -0.201. The van der Waals surface area contributed by atoms with E-state index >= 15 is 0 Å². The van der Waals surface area contributed by atoms with Gasteiger partial charge in [-0.25, -0.2) is 0 Å². The molecular weight excluding hydrogens is 268 g/mol. The number of carbonyl (C=O) groups excluding carboxylic acids is 1. The van der Waals surface area contributed by atoms with Gasteiger partial charge in [-0.3, -0.25) is 9.48 Å². The largest absolute Gasteiger partial charge is 0.466 e. The Kier molecular flexibility index (Phi) is 7.43. The highest BCUT2D eigenvalue weighted by atomic mass is 16.5. The molecule has 1 aromatic rings. The molecule has 1 aromatic heterocycles. The Bertz CT molecular complexity index is 429. The Morgan fingerprint density at radius 1 is 1.52 bits per heavy atom. The summed E-state index contributed by atoms with van der Waals surface area (Å²) in [4.78, 5) is 12.1. The predicted molar refractivity (Wildman–Crippen MR) is 82.3 cm³/mol. The van der Waals surface area contributed by atoms with Gasteiger partial charge in [-0.1, -0.05) is 13.8 Å². The van der Waals surface area contributed by atoms with Crippen molar-refractivity contribution in [2.75, 3.05) is 19.8 Å². The fourth-order valence-electron chi connectivity index (χ4n) is 2.61. The first-order chi connectivity index (χ1) is 10.1. The van der Waals surface area contributed by atoms with Crippen LogP contribution in [0.2, 0.25) is 0 Å². The van der Waals surface area contributed by atoms with Gasteiger partial charge < -0.3 is 9.47 Å². The third kappa shape index (κ3) is 4.30. The zero-order valence-electron chi connectivity index (χ0n) is 13.8. The van der Waals surface area contributed by atoms with Crippen molar-refractivity contribution in [3.63, 3.8) is 0 Å². The first-order valence-electron chi connectivity index (χ1n) is 7.93. The number of hydrogen-bond donors (Lipinski definition) is 0. The average molecular weight is 296 g/mol. The van der Waals surface area contributed by atoms with E-state index < -0.39 is 0 Å². The molecule has 0 saturated carbocycles. The van der Waals surface area contributed by atoms with Crippen molar-refractivity contribution in [2.45, 2.75) is 53.0 Å². The van der Waals surface area contributed by atoms with Crippen LogP contribution in [0.5, 0.6) is 0 Å². The lowest BCUT2D eigenvalue weighted by molar-refractivity contribution is -0.152.